The fourth-order valence-corrected chi connectivity index (χ4v) is 4.83. The normalized spacial score (nSPS) is 13.9. The van der Waals surface area contributed by atoms with Crippen molar-refractivity contribution in [3.05, 3.63) is 98.7 Å². The van der Waals surface area contributed by atoms with E-state index in [9.17, 15) is 9.59 Å². The Hall–Kier alpha value is -3.91. The lowest BCUT2D eigenvalue weighted by Gasteiger charge is -2.30. The van der Waals surface area contributed by atoms with E-state index >= 15 is 0 Å². The van der Waals surface area contributed by atoms with E-state index < -0.39 is 0 Å². The van der Waals surface area contributed by atoms with E-state index in [0.717, 1.165) is 21.1 Å². The molecule has 0 fully saturated rings. The van der Waals surface area contributed by atoms with E-state index in [1.54, 1.807) is 17.2 Å². The molecule has 0 unspecified atom stereocenters. The van der Waals surface area contributed by atoms with Gasteiger partial charge < -0.3 is 15.1 Å². The Bertz CT molecular complexity index is 1520. The van der Waals surface area contributed by atoms with Crippen LogP contribution in [0.4, 0.5) is 5.95 Å². The summed E-state index contributed by atoms with van der Waals surface area (Å²) in [6.45, 7) is 4.76. The fourth-order valence-electron chi connectivity index (χ4n) is 4.70. The van der Waals surface area contributed by atoms with Gasteiger partial charge in [-0.2, -0.15) is 0 Å². The summed E-state index contributed by atoms with van der Waals surface area (Å²) in [4.78, 5) is 42.9. The molecule has 0 bridgehead atoms. The molecular weight excluding hydrogens is 490 g/mol. The maximum atomic E-state index is 13.5. The molecule has 0 saturated carbocycles. The zero-order valence-corrected chi connectivity index (χ0v) is 21.7. The number of halogens is 1. The van der Waals surface area contributed by atoms with E-state index in [1.165, 1.54) is 7.11 Å². The number of nitrogens with zero attached hydrogens (tertiary/aromatic N) is 4. The summed E-state index contributed by atoms with van der Waals surface area (Å²) in [7, 11) is 1.43. The van der Waals surface area contributed by atoms with Crippen molar-refractivity contribution in [3.63, 3.8) is 0 Å². The maximum absolute atomic E-state index is 13.5. The lowest BCUT2D eigenvalue weighted by molar-refractivity contribution is 0.0722. The first kappa shape index (κ1) is 24.8. The van der Waals surface area contributed by atoms with Crippen molar-refractivity contribution in [1.29, 1.82) is 0 Å². The van der Waals surface area contributed by atoms with Crippen LogP contribution in [0, 0.1) is 5.92 Å². The minimum Gasteiger partial charge on any atom is -0.411 e. The highest BCUT2D eigenvalue weighted by Gasteiger charge is 2.29. The third-order valence-corrected chi connectivity index (χ3v) is 6.94. The number of hydrogen-bond acceptors (Lipinski definition) is 6. The molecule has 5 rings (SSSR count). The highest BCUT2D eigenvalue weighted by atomic mass is 35.5. The molecular formula is C28H28ClN5O3. The predicted octanol–water partition coefficient (Wildman–Crippen LogP) is 4.51. The first-order valence-corrected chi connectivity index (χ1v) is 12.6. The summed E-state index contributed by atoms with van der Waals surface area (Å²) in [6, 6.07) is 17.0. The van der Waals surface area contributed by atoms with Crippen LogP contribution in [0.5, 0.6) is 0 Å². The minimum atomic E-state index is -0.336. The Kier molecular flexibility index (Phi) is 6.84. The standard InChI is InChI=1S/C28H28ClN5O3/c1-17(2)25(18-8-10-21(29)11-9-18)32-28-31-23-12-13-33(16-22(23)26(35)34(28)37-3)27(36)24-14-19-6-4-5-7-20(19)15-30-24/h4-11,14-15,17,25H,12-13,16H2,1-3H3,(H,31,32)/t25-/m0/s1. The van der Waals surface area contributed by atoms with Crippen LogP contribution in [0.2, 0.25) is 5.02 Å². The maximum Gasteiger partial charge on any atom is 0.293 e. The molecule has 1 aliphatic heterocycles. The quantitative estimate of drug-likeness (QED) is 0.405. The molecule has 2 aromatic heterocycles. The van der Waals surface area contributed by atoms with Crippen LogP contribution in [0.15, 0.2) is 65.6 Å². The molecule has 3 heterocycles. The van der Waals surface area contributed by atoms with Gasteiger partial charge in [0.25, 0.3) is 11.5 Å². The van der Waals surface area contributed by atoms with Gasteiger partial charge in [0.1, 0.15) is 12.8 Å². The van der Waals surface area contributed by atoms with Gasteiger partial charge in [0, 0.05) is 29.6 Å². The number of carbonyl (C=O) groups excluding carboxylic acids is 1. The van der Waals surface area contributed by atoms with Gasteiger partial charge >= 0.3 is 0 Å². The number of carbonyl (C=O) groups is 1. The molecule has 2 aromatic carbocycles. The van der Waals surface area contributed by atoms with Crippen LogP contribution < -0.4 is 15.7 Å². The Labute approximate surface area is 219 Å². The van der Waals surface area contributed by atoms with E-state index in [-0.39, 0.29) is 30.0 Å². The Balaban J connectivity index is 1.43. The summed E-state index contributed by atoms with van der Waals surface area (Å²) in [6.07, 6.45) is 2.15. The third kappa shape index (κ3) is 4.89. The summed E-state index contributed by atoms with van der Waals surface area (Å²) < 4.78 is 1.16. The number of amides is 1. The number of anilines is 1. The van der Waals surface area contributed by atoms with Crippen molar-refractivity contribution >= 4 is 34.2 Å². The van der Waals surface area contributed by atoms with Crippen LogP contribution >= 0.6 is 11.6 Å². The lowest BCUT2D eigenvalue weighted by Crippen LogP contribution is -2.43. The second-order valence-electron chi connectivity index (χ2n) is 9.45. The van der Waals surface area contributed by atoms with Gasteiger partial charge in [0.05, 0.1) is 23.8 Å². The van der Waals surface area contributed by atoms with Crippen LogP contribution in [0.25, 0.3) is 10.8 Å². The van der Waals surface area contributed by atoms with Crippen LogP contribution in [-0.2, 0) is 13.0 Å². The topological polar surface area (TPSA) is 89.4 Å². The number of aromatic nitrogens is 3. The van der Waals surface area contributed by atoms with Crippen molar-refractivity contribution < 1.29 is 9.63 Å². The van der Waals surface area contributed by atoms with Gasteiger partial charge in [-0.3, -0.25) is 14.6 Å². The molecule has 1 N–H and O–H groups in total. The van der Waals surface area contributed by atoms with Crippen molar-refractivity contribution in [3.8, 4) is 0 Å². The van der Waals surface area contributed by atoms with E-state index in [1.807, 2.05) is 48.5 Å². The van der Waals surface area contributed by atoms with Gasteiger partial charge in [0.2, 0.25) is 5.95 Å². The van der Waals surface area contributed by atoms with Gasteiger partial charge in [-0.15, -0.1) is 4.73 Å². The minimum absolute atomic E-state index is 0.121. The van der Waals surface area contributed by atoms with Crippen molar-refractivity contribution in [2.24, 2.45) is 5.92 Å². The summed E-state index contributed by atoms with van der Waals surface area (Å²) in [5.41, 5.74) is 2.14. The Morgan fingerprint density at radius 2 is 1.84 bits per heavy atom. The smallest absolute Gasteiger partial charge is 0.293 e. The zero-order chi connectivity index (χ0) is 26.1. The van der Waals surface area contributed by atoms with Crippen LogP contribution in [-0.4, -0.2) is 39.2 Å². The van der Waals surface area contributed by atoms with Crippen molar-refractivity contribution in [2.45, 2.75) is 32.9 Å². The molecule has 1 atom stereocenters. The molecule has 9 heteroatoms. The van der Waals surface area contributed by atoms with Gasteiger partial charge in [-0.25, -0.2) is 4.98 Å². The molecule has 0 radical (unpaired) electrons. The first-order chi connectivity index (χ1) is 17.9. The monoisotopic (exact) mass is 517 g/mol. The number of hydrogen-bond donors (Lipinski definition) is 1. The second kappa shape index (κ2) is 10.2. The molecule has 37 heavy (non-hydrogen) atoms. The fraction of sp³-hybridized carbons (Fsp3) is 0.286. The highest BCUT2D eigenvalue weighted by molar-refractivity contribution is 6.30. The van der Waals surface area contributed by atoms with Gasteiger partial charge in [0.15, 0.2) is 0 Å². The molecule has 1 aliphatic rings. The largest absolute Gasteiger partial charge is 0.411 e. The number of pyridine rings is 1. The molecule has 8 nitrogen and oxygen atoms in total. The second-order valence-corrected chi connectivity index (χ2v) is 9.89. The van der Waals surface area contributed by atoms with Crippen molar-refractivity contribution in [2.75, 3.05) is 19.0 Å². The Morgan fingerprint density at radius 1 is 1.11 bits per heavy atom. The van der Waals surface area contributed by atoms with Crippen molar-refractivity contribution in [1.82, 2.24) is 19.6 Å². The summed E-state index contributed by atoms with van der Waals surface area (Å²) >= 11 is 6.07. The average molecular weight is 518 g/mol. The van der Waals surface area contributed by atoms with Crippen LogP contribution in [0.1, 0.15) is 47.2 Å². The summed E-state index contributed by atoms with van der Waals surface area (Å²) in [5.74, 6) is 0.308. The van der Waals surface area contributed by atoms with E-state index in [4.69, 9.17) is 21.4 Å². The number of benzene rings is 2. The molecule has 190 valence electrons. The molecule has 0 spiro atoms. The molecule has 1 amide bonds. The highest BCUT2D eigenvalue weighted by Crippen LogP contribution is 2.28. The van der Waals surface area contributed by atoms with Crippen LogP contribution in [0.3, 0.4) is 0 Å². The van der Waals surface area contributed by atoms with E-state index in [2.05, 4.69) is 24.1 Å². The average Bonchev–Trinajstić information content (AvgIpc) is 2.91. The third-order valence-electron chi connectivity index (χ3n) is 6.69. The number of fused-ring (bicyclic) bond motifs is 2. The SMILES string of the molecule is COn1c(N[C@H](c2ccc(Cl)cc2)C(C)C)nc2c(c1=O)CN(C(=O)c1cc3ccccc3cn1)CC2. The number of rotatable bonds is 6. The molecule has 4 aromatic rings. The molecule has 0 aliphatic carbocycles. The Morgan fingerprint density at radius 3 is 2.54 bits per heavy atom. The predicted molar refractivity (Wildman–Crippen MR) is 144 cm³/mol. The summed E-state index contributed by atoms with van der Waals surface area (Å²) in [5, 5.41) is 5.96. The lowest BCUT2D eigenvalue weighted by atomic mass is 9.96. The zero-order valence-electron chi connectivity index (χ0n) is 20.9. The first-order valence-electron chi connectivity index (χ1n) is 12.2. The number of nitrogens with one attached hydrogen (secondary N) is 1. The molecule has 0 saturated heterocycles. The van der Waals surface area contributed by atoms with Gasteiger partial charge in [-0.1, -0.05) is 61.8 Å². The van der Waals surface area contributed by atoms with Gasteiger partial charge in [-0.05, 0) is 35.1 Å². The van der Waals surface area contributed by atoms with E-state index in [0.29, 0.717) is 40.9 Å².